The molecule has 0 saturated heterocycles. The molecule has 1 amide bonds. The number of nitrogens with two attached hydrogens (primary N) is 1. The number of aromatic nitrogens is 3. The minimum Gasteiger partial charge on any atom is -0.335 e. The van der Waals surface area contributed by atoms with Crippen LogP contribution in [0.4, 0.5) is 5.69 Å². The Balaban J connectivity index is 1.62. The van der Waals surface area contributed by atoms with Crippen molar-refractivity contribution in [2.24, 2.45) is 0 Å². The normalized spacial score (nSPS) is 10.6. The lowest BCUT2D eigenvalue weighted by Crippen LogP contribution is -2.16. The van der Waals surface area contributed by atoms with E-state index in [1.165, 1.54) is 16.4 Å². The molecule has 3 aromatic rings. The Morgan fingerprint density at radius 1 is 1.16 bits per heavy atom. The van der Waals surface area contributed by atoms with E-state index < -0.39 is 0 Å². The van der Waals surface area contributed by atoms with Gasteiger partial charge in [-0.1, -0.05) is 48.2 Å². The average molecular weight is 371 g/mol. The maximum Gasteiger partial charge on any atom is 0.234 e. The number of rotatable bonds is 6. The first-order valence-electron chi connectivity index (χ1n) is 7.50. The van der Waals surface area contributed by atoms with Crippen LogP contribution in [-0.2, 0) is 4.79 Å². The molecule has 2 aromatic carbocycles. The zero-order valence-corrected chi connectivity index (χ0v) is 15.2. The summed E-state index contributed by atoms with van der Waals surface area (Å²) in [6.45, 7) is 0. The molecule has 0 radical (unpaired) electrons. The second-order valence-electron chi connectivity index (χ2n) is 5.11. The minimum absolute atomic E-state index is 0.118. The van der Waals surface area contributed by atoms with E-state index in [9.17, 15) is 4.79 Å². The third-order valence-electron chi connectivity index (χ3n) is 3.38. The van der Waals surface area contributed by atoms with Crippen molar-refractivity contribution in [3.8, 4) is 11.4 Å². The van der Waals surface area contributed by atoms with E-state index in [0.717, 1.165) is 16.1 Å². The number of hydrogen-bond donors (Lipinski definition) is 2. The summed E-state index contributed by atoms with van der Waals surface area (Å²) in [4.78, 5) is 13.2. The molecule has 0 atom stereocenters. The molecule has 8 heteroatoms. The molecule has 128 valence electrons. The van der Waals surface area contributed by atoms with Gasteiger partial charge >= 0.3 is 0 Å². The van der Waals surface area contributed by atoms with Gasteiger partial charge in [0, 0.05) is 16.1 Å². The van der Waals surface area contributed by atoms with Gasteiger partial charge in [0.05, 0.1) is 5.75 Å². The standard InChI is InChI=1S/C17H17N5OS2/c1-24-14-9-5-8-13(10-14)19-15(23)11-25-17-21-20-16(22(17)18)12-6-3-2-4-7-12/h2-10H,11,18H2,1H3,(H,19,23). The molecule has 3 N–H and O–H groups in total. The van der Waals surface area contributed by atoms with Crippen LogP contribution in [0, 0.1) is 0 Å². The van der Waals surface area contributed by atoms with Crippen LogP contribution in [0.1, 0.15) is 0 Å². The summed E-state index contributed by atoms with van der Waals surface area (Å²) in [5.41, 5.74) is 1.65. The average Bonchev–Trinajstić information content (AvgIpc) is 3.01. The van der Waals surface area contributed by atoms with E-state index >= 15 is 0 Å². The summed E-state index contributed by atoms with van der Waals surface area (Å²) in [5.74, 6) is 6.70. The lowest BCUT2D eigenvalue weighted by atomic mass is 10.2. The third kappa shape index (κ3) is 4.34. The van der Waals surface area contributed by atoms with Gasteiger partial charge in [0.15, 0.2) is 5.82 Å². The predicted octanol–water partition coefficient (Wildman–Crippen LogP) is 3.11. The molecule has 6 nitrogen and oxygen atoms in total. The van der Waals surface area contributed by atoms with Crippen LogP contribution < -0.4 is 11.2 Å². The van der Waals surface area contributed by atoms with Crippen molar-refractivity contribution in [2.75, 3.05) is 23.2 Å². The molecule has 0 aliphatic carbocycles. The van der Waals surface area contributed by atoms with Crippen LogP contribution in [0.3, 0.4) is 0 Å². The number of carbonyl (C=O) groups excluding carboxylic acids is 1. The summed E-state index contributed by atoms with van der Waals surface area (Å²) < 4.78 is 1.40. The van der Waals surface area contributed by atoms with Crippen molar-refractivity contribution in [1.29, 1.82) is 0 Å². The largest absolute Gasteiger partial charge is 0.335 e. The van der Waals surface area contributed by atoms with Crippen molar-refractivity contribution in [1.82, 2.24) is 14.9 Å². The molecule has 0 bridgehead atoms. The van der Waals surface area contributed by atoms with E-state index in [1.807, 2.05) is 60.9 Å². The van der Waals surface area contributed by atoms with Gasteiger partial charge in [-0.05, 0) is 24.5 Å². The molecule has 0 aliphatic rings. The monoisotopic (exact) mass is 371 g/mol. The van der Waals surface area contributed by atoms with E-state index in [1.54, 1.807) is 11.8 Å². The number of benzene rings is 2. The first-order valence-corrected chi connectivity index (χ1v) is 9.71. The molecular formula is C17H17N5OS2. The van der Waals surface area contributed by atoms with Crippen LogP contribution in [-0.4, -0.2) is 32.8 Å². The number of hydrogen-bond acceptors (Lipinski definition) is 6. The Bertz CT molecular complexity index is 866. The number of nitrogen functional groups attached to an aromatic ring is 1. The van der Waals surface area contributed by atoms with Crippen molar-refractivity contribution in [2.45, 2.75) is 10.1 Å². The Morgan fingerprint density at radius 3 is 2.72 bits per heavy atom. The summed E-state index contributed by atoms with van der Waals surface area (Å²) in [5, 5.41) is 11.5. The summed E-state index contributed by atoms with van der Waals surface area (Å²) in [6.07, 6.45) is 2.00. The molecule has 0 saturated carbocycles. The topological polar surface area (TPSA) is 85.8 Å². The highest BCUT2D eigenvalue weighted by Crippen LogP contribution is 2.22. The highest BCUT2D eigenvalue weighted by molar-refractivity contribution is 7.99. The smallest absolute Gasteiger partial charge is 0.234 e. The number of nitrogens with one attached hydrogen (secondary N) is 1. The maximum atomic E-state index is 12.1. The fraction of sp³-hybridized carbons (Fsp3) is 0.118. The summed E-state index contributed by atoms with van der Waals surface area (Å²) in [7, 11) is 0. The molecule has 1 heterocycles. The molecular weight excluding hydrogens is 354 g/mol. The van der Waals surface area contributed by atoms with Crippen molar-refractivity contribution in [3.63, 3.8) is 0 Å². The van der Waals surface area contributed by atoms with Gasteiger partial charge in [0.25, 0.3) is 0 Å². The third-order valence-corrected chi connectivity index (χ3v) is 5.05. The van der Waals surface area contributed by atoms with Crippen LogP contribution in [0.5, 0.6) is 0 Å². The van der Waals surface area contributed by atoms with Gasteiger partial charge in [-0.3, -0.25) is 4.79 Å². The Kier molecular flexibility index (Phi) is 5.62. The van der Waals surface area contributed by atoms with Gasteiger partial charge in [-0.15, -0.1) is 22.0 Å². The van der Waals surface area contributed by atoms with E-state index in [4.69, 9.17) is 5.84 Å². The first kappa shape index (κ1) is 17.4. The molecule has 0 unspecified atom stereocenters. The van der Waals surface area contributed by atoms with Crippen molar-refractivity contribution < 1.29 is 4.79 Å². The lowest BCUT2D eigenvalue weighted by Gasteiger charge is -2.06. The van der Waals surface area contributed by atoms with E-state index in [2.05, 4.69) is 15.5 Å². The molecule has 3 rings (SSSR count). The first-order chi connectivity index (χ1) is 12.2. The Hall–Kier alpha value is -2.45. The number of anilines is 1. The van der Waals surface area contributed by atoms with Crippen LogP contribution in [0.15, 0.2) is 64.6 Å². The predicted molar refractivity (Wildman–Crippen MR) is 103 cm³/mol. The zero-order chi connectivity index (χ0) is 17.6. The number of amides is 1. The molecule has 25 heavy (non-hydrogen) atoms. The van der Waals surface area contributed by atoms with Gasteiger partial charge in [-0.2, -0.15) is 0 Å². The summed E-state index contributed by atoms with van der Waals surface area (Å²) in [6, 6.07) is 17.3. The Labute approximate surface area is 154 Å². The zero-order valence-electron chi connectivity index (χ0n) is 13.5. The van der Waals surface area contributed by atoms with Crippen molar-refractivity contribution in [3.05, 3.63) is 54.6 Å². The van der Waals surface area contributed by atoms with E-state index in [-0.39, 0.29) is 11.7 Å². The number of carbonyl (C=O) groups is 1. The molecule has 0 fully saturated rings. The quantitative estimate of drug-likeness (QED) is 0.511. The highest BCUT2D eigenvalue weighted by atomic mass is 32.2. The maximum absolute atomic E-state index is 12.1. The SMILES string of the molecule is CSc1cccc(NC(=O)CSc2nnc(-c3ccccc3)n2N)c1. The van der Waals surface area contributed by atoms with Gasteiger partial charge in [0.2, 0.25) is 11.1 Å². The fourth-order valence-electron chi connectivity index (χ4n) is 2.19. The molecule has 0 spiro atoms. The summed E-state index contributed by atoms with van der Waals surface area (Å²) >= 11 is 2.88. The molecule has 1 aromatic heterocycles. The van der Waals surface area contributed by atoms with Gasteiger partial charge < -0.3 is 11.2 Å². The second-order valence-corrected chi connectivity index (χ2v) is 6.93. The van der Waals surface area contributed by atoms with Gasteiger partial charge in [-0.25, -0.2) is 4.68 Å². The highest BCUT2D eigenvalue weighted by Gasteiger charge is 2.13. The van der Waals surface area contributed by atoms with Crippen LogP contribution in [0.2, 0.25) is 0 Å². The Morgan fingerprint density at radius 2 is 1.96 bits per heavy atom. The minimum atomic E-state index is -0.118. The second kappa shape index (κ2) is 8.09. The molecule has 0 aliphatic heterocycles. The van der Waals surface area contributed by atoms with Crippen molar-refractivity contribution >= 4 is 35.1 Å². The van der Waals surface area contributed by atoms with Gasteiger partial charge in [0.1, 0.15) is 0 Å². The lowest BCUT2D eigenvalue weighted by molar-refractivity contribution is -0.113. The number of nitrogens with zero attached hydrogens (tertiary/aromatic N) is 3. The van der Waals surface area contributed by atoms with Crippen LogP contribution >= 0.6 is 23.5 Å². The van der Waals surface area contributed by atoms with E-state index in [0.29, 0.717) is 11.0 Å². The van der Waals surface area contributed by atoms with Crippen LogP contribution in [0.25, 0.3) is 11.4 Å². The fourth-order valence-corrected chi connectivity index (χ4v) is 3.30. The number of thioether (sulfide) groups is 2.